The van der Waals surface area contributed by atoms with Crippen molar-refractivity contribution in [2.75, 3.05) is 0 Å². The molecule has 0 radical (unpaired) electrons. The maximum Gasteiger partial charge on any atom is 0.323 e. The Morgan fingerprint density at radius 2 is 2.24 bits per heavy atom. The number of carboxylic acid groups (broad SMARTS) is 1. The van der Waals surface area contributed by atoms with Crippen LogP contribution in [-0.4, -0.2) is 26.4 Å². The molecule has 5 nitrogen and oxygen atoms in total. The molecular weight excluding hydrogens is 218 g/mol. The Morgan fingerprint density at radius 1 is 1.53 bits per heavy atom. The summed E-state index contributed by atoms with van der Waals surface area (Å²) in [5, 5.41) is 16.7. The normalized spacial score (nSPS) is 19.1. The molecule has 0 atom stereocenters. The number of aryl methyl sites for hydroxylation is 1. The number of aliphatic carboxylic acids is 1. The van der Waals surface area contributed by atoms with Crippen LogP contribution in [0.5, 0.6) is 0 Å². The average Bonchev–Trinajstić information content (AvgIpc) is 2.74. The maximum atomic E-state index is 11.4. The third kappa shape index (κ3) is 2.66. The summed E-state index contributed by atoms with van der Waals surface area (Å²) in [5.41, 5.74) is 0.298. The van der Waals surface area contributed by atoms with Crippen LogP contribution in [0.3, 0.4) is 0 Å². The van der Waals surface area contributed by atoms with Crippen molar-refractivity contribution in [3.8, 4) is 0 Å². The Labute approximate surface area is 101 Å². The molecule has 1 aliphatic carbocycles. The van der Waals surface area contributed by atoms with Crippen LogP contribution in [0.1, 0.15) is 37.7 Å². The molecule has 1 fully saturated rings. The van der Waals surface area contributed by atoms with E-state index in [0.717, 1.165) is 37.7 Å². The van der Waals surface area contributed by atoms with E-state index < -0.39 is 11.5 Å². The van der Waals surface area contributed by atoms with E-state index in [4.69, 9.17) is 0 Å². The molecule has 17 heavy (non-hydrogen) atoms. The highest BCUT2D eigenvalue weighted by molar-refractivity contribution is 5.78. The molecule has 1 heterocycles. The number of nitrogens with one attached hydrogen (secondary N) is 1. The summed E-state index contributed by atoms with van der Waals surface area (Å²) < 4.78 is 1.73. The monoisotopic (exact) mass is 237 g/mol. The molecule has 1 saturated carbocycles. The van der Waals surface area contributed by atoms with Crippen molar-refractivity contribution in [1.82, 2.24) is 15.1 Å². The highest BCUT2D eigenvalue weighted by Gasteiger charge is 2.38. The summed E-state index contributed by atoms with van der Waals surface area (Å²) >= 11 is 0. The molecule has 2 rings (SSSR count). The molecule has 0 aliphatic heterocycles. The molecule has 5 heteroatoms. The Hall–Kier alpha value is -1.36. The van der Waals surface area contributed by atoms with Gasteiger partial charge < -0.3 is 5.11 Å². The van der Waals surface area contributed by atoms with Gasteiger partial charge in [-0.1, -0.05) is 19.3 Å². The largest absolute Gasteiger partial charge is 0.480 e. The van der Waals surface area contributed by atoms with Gasteiger partial charge in [-0.3, -0.25) is 14.8 Å². The second kappa shape index (κ2) is 4.87. The minimum absolute atomic E-state index is 0.570. The summed E-state index contributed by atoms with van der Waals surface area (Å²) in [7, 11) is 1.86. The maximum absolute atomic E-state index is 11.4. The number of hydrogen-bond acceptors (Lipinski definition) is 3. The Balaban J connectivity index is 2.00. The van der Waals surface area contributed by atoms with Gasteiger partial charge in [0.2, 0.25) is 0 Å². The fourth-order valence-corrected chi connectivity index (χ4v) is 2.46. The topological polar surface area (TPSA) is 67.2 Å². The summed E-state index contributed by atoms with van der Waals surface area (Å²) in [5.74, 6) is -0.721. The van der Waals surface area contributed by atoms with E-state index in [2.05, 4.69) is 10.4 Å². The number of hydrogen-bond donors (Lipinski definition) is 2. The van der Waals surface area contributed by atoms with Crippen LogP contribution in [0, 0.1) is 0 Å². The number of carbonyl (C=O) groups is 1. The molecule has 2 N–H and O–H groups in total. The van der Waals surface area contributed by atoms with Crippen LogP contribution in [0.15, 0.2) is 12.4 Å². The predicted octanol–water partition coefficient (Wildman–Crippen LogP) is 1.30. The van der Waals surface area contributed by atoms with Crippen molar-refractivity contribution < 1.29 is 9.90 Å². The molecule has 1 aromatic heterocycles. The highest BCUT2D eigenvalue weighted by Crippen LogP contribution is 2.28. The van der Waals surface area contributed by atoms with Crippen molar-refractivity contribution in [2.45, 2.75) is 44.2 Å². The van der Waals surface area contributed by atoms with Gasteiger partial charge in [0.15, 0.2) is 0 Å². The lowest BCUT2D eigenvalue weighted by molar-refractivity contribution is -0.146. The molecule has 1 aromatic rings. The molecule has 0 amide bonds. The van der Waals surface area contributed by atoms with E-state index in [0.29, 0.717) is 6.54 Å². The first-order valence-corrected chi connectivity index (χ1v) is 6.08. The molecule has 94 valence electrons. The van der Waals surface area contributed by atoms with Gasteiger partial charge in [0.25, 0.3) is 0 Å². The zero-order valence-corrected chi connectivity index (χ0v) is 10.1. The lowest BCUT2D eigenvalue weighted by Gasteiger charge is -2.34. The number of carboxylic acids is 1. The molecule has 0 aromatic carbocycles. The molecular formula is C12H19N3O2. The summed E-state index contributed by atoms with van der Waals surface area (Å²) in [6.45, 7) is 0.570. The Kier molecular flexibility index (Phi) is 3.47. The summed E-state index contributed by atoms with van der Waals surface area (Å²) in [6.07, 6.45) is 8.25. The number of nitrogens with zero attached hydrogens (tertiary/aromatic N) is 2. The van der Waals surface area contributed by atoms with Crippen molar-refractivity contribution in [3.63, 3.8) is 0 Å². The molecule has 1 aliphatic rings. The second-order valence-electron chi connectivity index (χ2n) is 4.82. The SMILES string of the molecule is Cn1cc(CNC2(C(=O)O)CCCCC2)cn1. The molecule has 0 unspecified atom stereocenters. The van der Waals surface area contributed by atoms with Gasteiger partial charge in [-0.25, -0.2) is 0 Å². The van der Waals surface area contributed by atoms with Crippen molar-refractivity contribution in [3.05, 3.63) is 18.0 Å². The van der Waals surface area contributed by atoms with Crippen LogP contribution in [0.25, 0.3) is 0 Å². The first-order valence-electron chi connectivity index (χ1n) is 6.08. The van der Waals surface area contributed by atoms with Crippen LogP contribution < -0.4 is 5.32 Å². The van der Waals surface area contributed by atoms with Gasteiger partial charge in [-0.15, -0.1) is 0 Å². The van der Waals surface area contributed by atoms with Crippen molar-refractivity contribution in [2.24, 2.45) is 7.05 Å². The number of rotatable bonds is 4. The second-order valence-corrected chi connectivity index (χ2v) is 4.82. The average molecular weight is 237 g/mol. The fourth-order valence-electron chi connectivity index (χ4n) is 2.46. The first kappa shape index (κ1) is 12.1. The Morgan fingerprint density at radius 3 is 2.76 bits per heavy atom. The smallest absolute Gasteiger partial charge is 0.323 e. The van der Waals surface area contributed by atoms with Crippen molar-refractivity contribution >= 4 is 5.97 Å². The summed E-state index contributed by atoms with van der Waals surface area (Å²) in [4.78, 5) is 11.4. The molecule has 0 saturated heterocycles. The van der Waals surface area contributed by atoms with Gasteiger partial charge in [-0.05, 0) is 12.8 Å². The van der Waals surface area contributed by atoms with Crippen LogP contribution in [0.4, 0.5) is 0 Å². The third-order valence-electron chi connectivity index (χ3n) is 3.51. The quantitative estimate of drug-likeness (QED) is 0.828. The molecule has 0 bridgehead atoms. The van der Waals surface area contributed by atoms with Gasteiger partial charge in [0, 0.05) is 25.4 Å². The van der Waals surface area contributed by atoms with Gasteiger partial charge in [0.1, 0.15) is 5.54 Å². The van der Waals surface area contributed by atoms with E-state index in [9.17, 15) is 9.90 Å². The van der Waals surface area contributed by atoms with Crippen LogP contribution in [0.2, 0.25) is 0 Å². The van der Waals surface area contributed by atoms with E-state index >= 15 is 0 Å². The van der Waals surface area contributed by atoms with Gasteiger partial charge >= 0.3 is 5.97 Å². The minimum atomic E-state index is -0.728. The standard InChI is InChI=1S/C12H19N3O2/c1-15-9-10(8-14-15)7-13-12(11(16)17)5-3-2-4-6-12/h8-9,13H,2-7H2,1H3,(H,16,17). The zero-order chi connectivity index (χ0) is 12.3. The minimum Gasteiger partial charge on any atom is -0.480 e. The summed E-state index contributed by atoms with van der Waals surface area (Å²) in [6, 6.07) is 0. The highest BCUT2D eigenvalue weighted by atomic mass is 16.4. The fraction of sp³-hybridized carbons (Fsp3) is 0.667. The predicted molar refractivity (Wildman–Crippen MR) is 63.5 cm³/mol. The van der Waals surface area contributed by atoms with Gasteiger partial charge in [0.05, 0.1) is 6.20 Å². The van der Waals surface area contributed by atoms with Gasteiger partial charge in [-0.2, -0.15) is 5.10 Å². The van der Waals surface area contributed by atoms with Crippen LogP contribution in [-0.2, 0) is 18.4 Å². The Bertz CT molecular complexity index is 394. The van der Waals surface area contributed by atoms with E-state index in [1.165, 1.54) is 0 Å². The van der Waals surface area contributed by atoms with E-state index in [1.807, 2.05) is 13.2 Å². The third-order valence-corrected chi connectivity index (χ3v) is 3.51. The number of aromatic nitrogens is 2. The lowest BCUT2D eigenvalue weighted by Crippen LogP contribution is -2.52. The lowest BCUT2D eigenvalue weighted by atomic mass is 9.81. The first-order chi connectivity index (χ1) is 8.12. The van der Waals surface area contributed by atoms with E-state index in [1.54, 1.807) is 10.9 Å². The van der Waals surface area contributed by atoms with E-state index in [-0.39, 0.29) is 0 Å². The van der Waals surface area contributed by atoms with Crippen LogP contribution >= 0.6 is 0 Å². The molecule has 0 spiro atoms. The zero-order valence-electron chi connectivity index (χ0n) is 10.1. The van der Waals surface area contributed by atoms with Crippen molar-refractivity contribution in [1.29, 1.82) is 0 Å².